The Labute approximate surface area is 226 Å². The lowest BCUT2D eigenvalue weighted by Gasteiger charge is -2.15. The summed E-state index contributed by atoms with van der Waals surface area (Å²) in [5.74, 6) is -1.74. The highest BCUT2D eigenvalue weighted by Crippen LogP contribution is 2.37. The predicted octanol–water partition coefficient (Wildman–Crippen LogP) is 4.51. The van der Waals surface area contributed by atoms with Gasteiger partial charge in [0.15, 0.2) is 0 Å². The van der Waals surface area contributed by atoms with Gasteiger partial charge in [-0.3, -0.25) is 19.6 Å². The molecule has 9 nitrogen and oxygen atoms in total. The number of ether oxygens (including phenoxy) is 1. The molecule has 0 radical (unpaired) electrons. The fourth-order valence-electron chi connectivity index (χ4n) is 3.45. The third-order valence-electron chi connectivity index (χ3n) is 5.53. The quantitative estimate of drug-likeness (QED) is 0.308. The highest BCUT2D eigenvalue weighted by Gasteiger charge is 2.34. The number of nitrogens with two attached hydrogens (primary N) is 1. The van der Waals surface area contributed by atoms with Crippen molar-refractivity contribution >= 4 is 40.5 Å². The number of nitrogens with zero attached hydrogens (tertiary/aromatic N) is 2. The molecule has 0 spiro atoms. The maximum atomic E-state index is 14.3. The van der Waals surface area contributed by atoms with Gasteiger partial charge in [-0.1, -0.05) is 11.6 Å². The van der Waals surface area contributed by atoms with Gasteiger partial charge in [0.05, 0.1) is 59.1 Å². The molecule has 5 N–H and O–H groups in total. The van der Waals surface area contributed by atoms with Crippen molar-refractivity contribution in [3.8, 4) is 0 Å². The smallest absolute Gasteiger partial charge is 0.387 e. The molecule has 1 aliphatic rings. The number of hydrogen-bond acceptors (Lipinski definition) is 7. The topological polar surface area (TPSA) is 131 Å². The summed E-state index contributed by atoms with van der Waals surface area (Å²) in [6, 6.07) is 5.89. The van der Waals surface area contributed by atoms with Crippen LogP contribution in [0, 0.1) is 11.7 Å². The Morgan fingerprint density at radius 3 is 2.54 bits per heavy atom. The zero-order valence-corrected chi connectivity index (χ0v) is 21.4. The van der Waals surface area contributed by atoms with E-state index in [-0.39, 0.29) is 40.5 Å². The molecule has 1 unspecified atom stereocenters. The van der Waals surface area contributed by atoms with Crippen LogP contribution in [0.5, 0.6) is 0 Å². The number of alkyl halides is 3. The Hall–Kier alpha value is -3.97. The molecule has 4 rings (SSSR count). The fraction of sp³-hybridized carbons (Fsp3) is 0.280. The molecular formula is C25H25ClF4N6O3. The zero-order valence-electron chi connectivity index (χ0n) is 20.6. The second-order valence-corrected chi connectivity index (χ2v) is 8.76. The van der Waals surface area contributed by atoms with Crippen LogP contribution in [0.15, 0.2) is 48.9 Å². The van der Waals surface area contributed by atoms with Crippen molar-refractivity contribution in [1.29, 1.82) is 0 Å². The summed E-state index contributed by atoms with van der Waals surface area (Å²) >= 11 is 5.64. The van der Waals surface area contributed by atoms with E-state index in [1.165, 1.54) is 18.5 Å². The Morgan fingerprint density at radius 2 is 1.92 bits per heavy atom. The van der Waals surface area contributed by atoms with Gasteiger partial charge in [0.2, 0.25) is 11.8 Å². The molecule has 1 aromatic carbocycles. The summed E-state index contributed by atoms with van der Waals surface area (Å²) < 4.78 is 58.8. The van der Waals surface area contributed by atoms with E-state index in [0.717, 1.165) is 23.9 Å². The van der Waals surface area contributed by atoms with Crippen molar-refractivity contribution in [1.82, 2.24) is 15.3 Å². The predicted molar refractivity (Wildman–Crippen MR) is 137 cm³/mol. The van der Waals surface area contributed by atoms with Gasteiger partial charge in [0.25, 0.3) is 0 Å². The van der Waals surface area contributed by atoms with Crippen molar-refractivity contribution in [3.63, 3.8) is 0 Å². The SMILES string of the molecule is CNc1cncc(C(N)=O)c1.O=C(NCc1ncc(Nc2ccc(Cl)cc2C(F)(F)F)cc1F)C1CCOC1. The van der Waals surface area contributed by atoms with Gasteiger partial charge in [0, 0.05) is 37.1 Å². The van der Waals surface area contributed by atoms with Crippen LogP contribution in [0.3, 0.4) is 0 Å². The van der Waals surface area contributed by atoms with Crippen molar-refractivity contribution in [3.05, 3.63) is 76.6 Å². The van der Waals surface area contributed by atoms with Gasteiger partial charge in [0.1, 0.15) is 5.82 Å². The molecule has 0 saturated carbocycles. The number of carbonyl (C=O) groups is 2. The van der Waals surface area contributed by atoms with E-state index in [9.17, 15) is 27.2 Å². The van der Waals surface area contributed by atoms with Crippen LogP contribution in [-0.2, 0) is 22.3 Å². The number of halogens is 5. The van der Waals surface area contributed by atoms with Gasteiger partial charge in [-0.2, -0.15) is 13.2 Å². The van der Waals surface area contributed by atoms with E-state index in [1.807, 2.05) is 0 Å². The number of hydrogen-bond donors (Lipinski definition) is 4. The molecule has 2 amide bonds. The minimum absolute atomic E-state index is 0.0232. The first-order valence-electron chi connectivity index (χ1n) is 11.5. The largest absolute Gasteiger partial charge is 0.418 e. The minimum atomic E-state index is -4.63. The molecule has 0 bridgehead atoms. The van der Waals surface area contributed by atoms with E-state index in [0.29, 0.717) is 25.2 Å². The van der Waals surface area contributed by atoms with Gasteiger partial charge in [-0.25, -0.2) is 4.39 Å². The lowest BCUT2D eigenvalue weighted by molar-refractivity contribution is -0.137. The van der Waals surface area contributed by atoms with Gasteiger partial charge in [-0.05, 0) is 30.7 Å². The Morgan fingerprint density at radius 1 is 1.15 bits per heavy atom. The normalized spacial score (nSPS) is 14.7. The van der Waals surface area contributed by atoms with E-state index < -0.39 is 23.5 Å². The average molecular weight is 569 g/mol. The maximum Gasteiger partial charge on any atom is 0.418 e. The molecule has 1 saturated heterocycles. The number of primary amides is 1. The van der Waals surface area contributed by atoms with Gasteiger partial charge < -0.3 is 26.4 Å². The lowest BCUT2D eigenvalue weighted by atomic mass is 10.1. The number of nitrogens with one attached hydrogen (secondary N) is 3. The summed E-state index contributed by atoms with van der Waals surface area (Å²) in [6.07, 6.45) is 0.217. The van der Waals surface area contributed by atoms with Gasteiger partial charge in [-0.15, -0.1) is 0 Å². The van der Waals surface area contributed by atoms with Crippen LogP contribution < -0.4 is 21.7 Å². The fourth-order valence-corrected chi connectivity index (χ4v) is 3.62. The number of aromatic nitrogens is 2. The van der Waals surface area contributed by atoms with Crippen molar-refractivity contribution < 1.29 is 31.9 Å². The second kappa shape index (κ2) is 13.2. The monoisotopic (exact) mass is 568 g/mol. The molecule has 14 heteroatoms. The molecular weight excluding hydrogens is 544 g/mol. The second-order valence-electron chi connectivity index (χ2n) is 8.32. The standard InChI is InChI=1S/C18H16ClF4N3O2.C7H9N3O/c19-11-1-2-15(13(5-11)18(21,22)23)26-12-6-14(20)16(24-7-12)8-25-17(27)10-3-4-28-9-10;1-9-6-2-5(7(8)11)3-10-4-6/h1-2,5-7,10,26H,3-4,8-9H2,(H,25,27);2-4,9H,1H3,(H2,8,11). The Bertz CT molecular complexity index is 1320. The van der Waals surface area contributed by atoms with Crippen molar-refractivity contribution in [2.45, 2.75) is 19.1 Å². The van der Waals surface area contributed by atoms with E-state index in [2.05, 4.69) is 25.9 Å². The van der Waals surface area contributed by atoms with E-state index in [4.69, 9.17) is 22.1 Å². The van der Waals surface area contributed by atoms with Crippen LogP contribution in [0.1, 0.15) is 28.0 Å². The highest BCUT2D eigenvalue weighted by molar-refractivity contribution is 6.30. The number of pyridine rings is 2. The molecule has 1 fully saturated rings. The lowest BCUT2D eigenvalue weighted by Crippen LogP contribution is -2.31. The molecule has 3 heterocycles. The third kappa shape index (κ3) is 8.52. The minimum Gasteiger partial charge on any atom is -0.387 e. The average Bonchev–Trinajstić information content (AvgIpc) is 3.44. The number of rotatable bonds is 7. The molecule has 2 aromatic heterocycles. The molecule has 1 atom stereocenters. The Kier molecular flexibility index (Phi) is 10.0. The van der Waals surface area contributed by atoms with Crippen LogP contribution in [0.2, 0.25) is 5.02 Å². The third-order valence-corrected chi connectivity index (χ3v) is 5.76. The van der Waals surface area contributed by atoms with E-state index in [1.54, 1.807) is 19.3 Å². The van der Waals surface area contributed by atoms with Crippen molar-refractivity contribution in [2.75, 3.05) is 30.9 Å². The molecule has 208 valence electrons. The molecule has 0 aliphatic carbocycles. The van der Waals surface area contributed by atoms with Crippen LogP contribution in [-0.4, -0.2) is 42.0 Å². The van der Waals surface area contributed by atoms with Gasteiger partial charge >= 0.3 is 6.18 Å². The molecule has 39 heavy (non-hydrogen) atoms. The maximum absolute atomic E-state index is 14.3. The van der Waals surface area contributed by atoms with Crippen LogP contribution in [0.4, 0.5) is 34.6 Å². The summed E-state index contributed by atoms with van der Waals surface area (Å²) in [6.45, 7) is 0.707. The first kappa shape index (κ1) is 29.6. The van der Waals surface area contributed by atoms with Crippen LogP contribution in [0.25, 0.3) is 0 Å². The Balaban J connectivity index is 0.000000320. The van der Waals surface area contributed by atoms with Crippen molar-refractivity contribution in [2.24, 2.45) is 11.7 Å². The first-order valence-corrected chi connectivity index (χ1v) is 11.9. The molecule has 1 aliphatic heterocycles. The highest BCUT2D eigenvalue weighted by atomic mass is 35.5. The summed E-state index contributed by atoms with van der Waals surface area (Å²) in [4.78, 5) is 30.3. The summed E-state index contributed by atoms with van der Waals surface area (Å²) in [5.41, 5.74) is 4.98. The number of anilines is 3. The summed E-state index contributed by atoms with van der Waals surface area (Å²) in [7, 11) is 1.75. The van der Waals surface area contributed by atoms with Crippen LogP contribution >= 0.6 is 11.6 Å². The first-order chi connectivity index (χ1) is 18.5. The number of benzene rings is 1. The number of carbonyl (C=O) groups excluding carboxylic acids is 2. The number of amides is 2. The zero-order chi connectivity index (χ0) is 28.6. The van der Waals surface area contributed by atoms with E-state index >= 15 is 0 Å². The molecule has 3 aromatic rings. The summed E-state index contributed by atoms with van der Waals surface area (Å²) in [5, 5.41) is 7.86.